The average Bonchev–Trinajstić information content (AvgIpc) is 2.80. The van der Waals surface area contributed by atoms with Crippen molar-refractivity contribution in [1.29, 1.82) is 0 Å². The van der Waals surface area contributed by atoms with Gasteiger partial charge in [-0.15, -0.1) is 0 Å². The average molecular weight is 400 g/mol. The summed E-state index contributed by atoms with van der Waals surface area (Å²) in [5.41, 5.74) is 3.74. The molecule has 0 unspecified atom stereocenters. The first-order valence-electron chi connectivity index (χ1n) is 9.93. The molecule has 5 nitrogen and oxygen atoms in total. The minimum atomic E-state index is -0.458. The van der Waals surface area contributed by atoms with Crippen LogP contribution in [0.2, 0.25) is 0 Å². The number of rotatable bonds is 8. The maximum Gasteiger partial charge on any atom is 0.255 e. The van der Waals surface area contributed by atoms with Crippen LogP contribution in [0.1, 0.15) is 40.5 Å². The first-order valence-corrected chi connectivity index (χ1v) is 9.93. The van der Waals surface area contributed by atoms with Crippen molar-refractivity contribution in [2.75, 3.05) is 5.32 Å². The fourth-order valence-corrected chi connectivity index (χ4v) is 3.09. The molecule has 0 aliphatic carbocycles. The summed E-state index contributed by atoms with van der Waals surface area (Å²) in [6.45, 7) is 1.97. The Morgan fingerprint density at radius 2 is 1.37 bits per heavy atom. The fourth-order valence-electron chi connectivity index (χ4n) is 3.09. The Bertz CT molecular complexity index is 997. The predicted molar refractivity (Wildman–Crippen MR) is 118 cm³/mol. The Labute approximate surface area is 176 Å². The van der Waals surface area contributed by atoms with Crippen LogP contribution in [0, 0.1) is 0 Å². The van der Waals surface area contributed by atoms with Crippen molar-refractivity contribution < 1.29 is 14.4 Å². The molecule has 0 saturated heterocycles. The summed E-state index contributed by atoms with van der Waals surface area (Å²) < 4.78 is 0. The molecule has 0 aromatic heterocycles. The summed E-state index contributed by atoms with van der Waals surface area (Å²) in [5.74, 6) is -0.415. The highest BCUT2D eigenvalue weighted by molar-refractivity contribution is 6.04. The van der Waals surface area contributed by atoms with E-state index in [1.165, 1.54) is 0 Å². The lowest BCUT2D eigenvalue weighted by Gasteiger charge is -2.12. The van der Waals surface area contributed by atoms with Crippen molar-refractivity contribution in [3.63, 3.8) is 0 Å². The normalized spacial score (nSPS) is 11.4. The van der Waals surface area contributed by atoms with E-state index in [0.717, 1.165) is 23.8 Å². The summed E-state index contributed by atoms with van der Waals surface area (Å²) in [6.07, 6.45) is 2.22. The molecule has 2 amide bonds. The lowest BCUT2D eigenvalue weighted by molar-refractivity contribution is -0.109. The zero-order valence-electron chi connectivity index (χ0n) is 16.8. The summed E-state index contributed by atoms with van der Waals surface area (Å²) >= 11 is 0. The van der Waals surface area contributed by atoms with E-state index in [-0.39, 0.29) is 11.8 Å². The Kier molecular flexibility index (Phi) is 7.11. The second-order valence-electron chi connectivity index (χ2n) is 6.98. The minimum absolute atomic E-state index is 0.157. The SMILES string of the molecule is CCC[C@@H](C=O)NC(=O)c1ccc(-c2ccc(NC(=O)c3ccccc3)cc2)cc1. The van der Waals surface area contributed by atoms with Gasteiger partial charge in [0.2, 0.25) is 0 Å². The first-order chi connectivity index (χ1) is 14.6. The van der Waals surface area contributed by atoms with Crippen LogP contribution in [0.4, 0.5) is 5.69 Å². The number of benzene rings is 3. The molecule has 3 aromatic rings. The molecule has 30 heavy (non-hydrogen) atoms. The van der Waals surface area contributed by atoms with Gasteiger partial charge in [0.1, 0.15) is 6.29 Å². The van der Waals surface area contributed by atoms with Gasteiger partial charge < -0.3 is 15.4 Å². The van der Waals surface area contributed by atoms with Crippen LogP contribution in [-0.2, 0) is 4.79 Å². The molecule has 3 aromatic carbocycles. The van der Waals surface area contributed by atoms with Gasteiger partial charge in [0.05, 0.1) is 6.04 Å². The van der Waals surface area contributed by atoms with Crippen molar-refractivity contribution >= 4 is 23.8 Å². The molecular weight excluding hydrogens is 376 g/mol. The summed E-state index contributed by atoms with van der Waals surface area (Å²) in [6, 6.07) is 23.3. The van der Waals surface area contributed by atoms with E-state index < -0.39 is 6.04 Å². The van der Waals surface area contributed by atoms with E-state index in [4.69, 9.17) is 0 Å². The fraction of sp³-hybridized carbons (Fsp3) is 0.160. The predicted octanol–water partition coefficient (Wildman–Crippen LogP) is 4.70. The smallest absolute Gasteiger partial charge is 0.255 e. The molecule has 0 fully saturated rings. The highest BCUT2D eigenvalue weighted by Crippen LogP contribution is 2.22. The zero-order chi connectivity index (χ0) is 21.3. The van der Waals surface area contributed by atoms with E-state index in [0.29, 0.717) is 23.2 Å². The van der Waals surface area contributed by atoms with Crippen molar-refractivity contribution in [2.24, 2.45) is 0 Å². The summed E-state index contributed by atoms with van der Waals surface area (Å²) in [5, 5.41) is 5.61. The zero-order valence-corrected chi connectivity index (χ0v) is 16.8. The van der Waals surface area contributed by atoms with Crippen LogP contribution in [0.5, 0.6) is 0 Å². The number of amides is 2. The van der Waals surface area contributed by atoms with Gasteiger partial charge in [-0.1, -0.05) is 55.8 Å². The van der Waals surface area contributed by atoms with Gasteiger partial charge in [-0.05, 0) is 53.9 Å². The number of hydrogen-bond donors (Lipinski definition) is 2. The standard InChI is InChI=1S/C25H24N2O3/c1-2-6-23(17-28)27-25(30)21-11-9-18(10-12-21)19-13-15-22(16-14-19)26-24(29)20-7-4-3-5-8-20/h3-5,7-17,23H,2,6H2,1H3,(H,26,29)(H,27,30)/t23-/m0/s1. The van der Waals surface area contributed by atoms with Crippen LogP contribution in [0.3, 0.4) is 0 Å². The topological polar surface area (TPSA) is 75.3 Å². The Hall–Kier alpha value is -3.73. The van der Waals surface area contributed by atoms with Gasteiger partial charge in [-0.3, -0.25) is 9.59 Å². The molecule has 5 heteroatoms. The highest BCUT2D eigenvalue weighted by atomic mass is 16.2. The second kappa shape index (κ2) is 10.2. The molecule has 0 saturated carbocycles. The molecule has 1 atom stereocenters. The largest absolute Gasteiger partial charge is 0.343 e. The first kappa shape index (κ1) is 21.0. The lowest BCUT2D eigenvalue weighted by atomic mass is 10.0. The Morgan fingerprint density at radius 3 is 1.93 bits per heavy atom. The monoisotopic (exact) mass is 400 g/mol. The number of hydrogen-bond acceptors (Lipinski definition) is 3. The van der Waals surface area contributed by atoms with Gasteiger partial charge in [0, 0.05) is 16.8 Å². The van der Waals surface area contributed by atoms with Crippen LogP contribution in [0.25, 0.3) is 11.1 Å². The van der Waals surface area contributed by atoms with Gasteiger partial charge in [-0.25, -0.2) is 0 Å². The van der Waals surface area contributed by atoms with Crippen molar-refractivity contribution in [3.8, 4) is 11.1 Å². The van der Waals surface area contributed by atoms with Crippen LogP contribution >= 0.6 is 0 Å². The van der Waals surface area contributed by atoms with Gasteiger partial charge >= 0.3 is 0 Å². The van der Waals surface area contributed by atoms with Crippen LogP contribution in [0.15, 0.2) is 78.9 Å². The third-order valence-corrected chi connectivity index (χ3v) is 4.74. The molecule has 0 aliphatic heterocycles. The molecule has 0 heterocycles. The van der Waals surface area contributed by atoms with Crippen LogP contribution < -0.4 is 10.6 Å². The van der Waals surface area contributed by atoms with E-state index in [1.807, 2.05) is 61.5 Å². The van der Waals surface area contributed by atoms with Gasteiger partial charge in [0.25, 0.3) is 11.8 Å². The van der Waals surface area contributed by atoms with Crippen molar-refractivity contribution in [1.82, 2.24) is 5.32 Å². The Balaban J connectivity index is 1.64. The summed E-state index contributed by atoms with van der Waals surface area (Å²) in [4.78, 5) is 35.6. The molecule has 2 N–H and O–H groups in total. The number of carbonyl (C=O) groups excluding carboxylic acids is 3. The van der Waals surface area contributed by atoms with E-state index >= 15 is 0 Å². The molecule has 0 bridgehead atoms. The molecule has 0 spiro atoms. The second-order valence-corrected chi connectivity index (χ2v) is 6.98. The molecular formula is C25H24N2O3. The summed E-state index contributed by atoms with van der Waals surface area (Å²) in [7, 11) is 0. The van der Waals surface area contributed by atoms with Crippen LogP contribution in [-0.4, -0.2) is 24.1 Å². The third kappa shape index (κ3) is 5.41. The number of anilines is 1. The molecule has 152 valence electrons. The quantitative estimate of drug-likeness (QED) is 0.538. The van der Waals surface area contributed by atoms with Crippen molar-refractivity contribution in [3.05, 3.63) is 90.0 Å². The van der Waals surface area contributed by atoms with Gasteiger partial charge in [0.15, 0.2) is 0 Å². The maximum absolute atomic E-state index is 12.3. The van der Waals surface area contributed by atoms with Crippen molar-refractivity contribution in [2.45, 2.75) is 25.8 Å². The van der Waals surface area contributed by atoms with E-state index in [9.17, 15) is 14.4 Å². The number of nitrogens with one attached hydrogen (secondary N) is 2. The molecule has 0 radical (unpaired) electrons. The minimum Gasteiger partial charge on any atom is -0.343 e. The molecule has 3 rings (SSSR count). The van der Waals surface area contributed by atoms with Gasteiger partial charge in [-0.2, -0.15) is 0 Å². The Morgan fingerprint density at radius 1 is 0.800 bits per heavy atom. The third-order valence-electron chi connectivity index (χ3n) is 4.74. The number of aldehydes is 1. The van der Waals surface area contributed by atoms with E-state index in [2.05, 4.69) is 10.6 Å². The highest BCUT2D eigenvalue weighted by Gasteiger charge is 2.12. The maximum atomic E-state index is 12.3. The molecule has 0 aliphatic rings. The lowest BCUT2D eigenvalue weighted by Crippen LogP contribution is -2.35. The number of carbonyl (C=O) groups is 3. The van der Waals surface area contributed by atoms with E-state index in [1.54, 1.807) is 24.3 Å².